The molecular weight excluding hydrogens is 658 g/mol. The van der Waals surface area contributed by atoms with Crippen LogP contribution in [0.1, 0.15) is 62.7 Å². The van der Waals surface area contributed by atoms with E-state index in [1.54, 1.807) is 40.0 Å². The largest absolute Gasteiger partial charge is 0.455 e. The molecule has 1 N–H and O–H groups in total. The van der Waals surface area contributed by atoms with Crippen molar-refractivity contribution in [3.8, 4) is 0 Å². The Morgan fingerprint density at radius 3 is 2.46 bits per heavy atom. The lowest BCUT2D eigenvalue weighted by molar-refractivity contribution is -0.164. The summed E-state index contributed by atoms with van der Waals surface area (Å²) in [7, 11) is 1.71. The number of likely N-dealkylation sites (tertiary alicyclic amines) is 1. The average Bonchev–Trinajstić information content (AvgIpc) is 3.49. The van der Waals surface area contributed by atoms with Gasteiger partial charge in [0.2, 0.25) is 11.8 Å². The topological polar surface area (TPSA) is 117 Å². The molecule has 0 aromatic heterocycles. The maximum atomic E-state index is 14.9. The Labute approximate surface area is 298 Å². The molecule has 50 heavy (non-hydrogen) atoms. The smallest absolute Gasteiger partial charge is 0.313 e. The van der Waals surface area contributed by atoms with Gasteiger partial charge >= 0.3 is 5.97 Å². The number of nitrogens with zero attached hydrogens (tertiary/aromatic N) is 3. The normalized spacial score (nSPS) is 30.6. The van der Waals surface area contributed by atoms with Crippen LogP contribution in [0.2, 0.25) is 5.02 Å². The van der Waals surface area contributed by atoms with Crippen LogP contribution in [-0.2, 0) is 28.7 Å². The quantitative estimate of drug-likeness (QED) is 0.229. The number of aryl methyl sites for hydroxylation is 1. The lowest BCUT2D eigenvalue weighted by Crippen LogP contribution is -2.55. The Morgan fingerprint density at radius 1 is 0.960 bits per heavy atom. The predicted molar refractivity (Wildman–Crippen MR) is 189 cm³/mol. The Morgan fingerprint density at radius 2 is 1.72 bits per heavy atom. The maximum absolute atomic E-state index is 14.9. The van der Waals surface area contributed by atoms with Crippen molar-refractivity contribution in [3.05, 3.63) is 89.0 Å². The minimum Gasteiger partial charge on any atom is -0.455 e. The zero-order chi connectivity index (χ0) is 35.6. The number of hydrogen-bond donors (Lipinski definition) is 1. The summed E-state index contributed by atoms with van der Waals surface area (Å²) in [5, 5.41) is 9.71. The van der Waals surface area contributed by atoms with Crippen molar-refractivity contribution in [2.45, 2.75) is 82.3 Å². The summed E-state index contributed by atoms with van der Waals surface area (Å²) in [5.41, 5.74) is 0.646. The first-order valence-corrected chi connectivity index (χ1v) is 18.0. The first-order chi connectivity index (χ1) is 24.1. The highest BCUT2D eigenvalue weighted by molar-refractivity contribution is 6.34. The van der Waals surface area contributed by atoms with Crippen molar-refractivity contribution in [2.75, 3.05) is 31.6 Å². The van der Waals surface area contributed by atoms with Gasteiger partial charge in [0.1, 0.15) is 23.7 Å². The summed E-state index contributed by atoms with van der Waals surface area (Å²) in [6.45, 7) is 4.31. The van der Waals surface area contributed by atoms with Crippen LogP contribution >= 0.6 is 11.6 Å². The number of para-hydroxylation sites is 1. The first-order valence-electron chi connectivity index (χ1n) is 17.6. The fraction of sp³-hybridized carbons (Fsp3) is 0.487. The van der Waals surface area contributed by atoms with Gasteiger partial charge in [-0.2, -0.15) is 0 Å². The number of anilines is 1. The SMILES string of the molecule is Cc1cccc(Cl)c1N1CC=C[C@@]23O[C@H]4/C=C\CCC(=O)N(C)[C@@H](C)[C@H](c5ccccc5)OC(=O)[C@H]4[C@@H]2C(=O)N(CCCCCCO)[C@H]3C1=O. The molecule has 0 unspecified atom stereocenters. The Kier molecular flexibility index (Phi) is 10.8. The number of carbonyl (C=O) groups excluding carboxylic acids is 4. The number of ether oxygens (including phenoxy) is 2. The van der Waals surface area contributed by atoms with Gasteiger partial charge in [-0.05, 0) is 50.3 Å². The summed E-state index contributed by atoms with van der Waals surface area (Å²) in [6.07, 6.45) is 8.97. The molecule has 4 heterocycles. The molecule has 3 amide bonds. The summed E-state index contributed by atoms with van der Waals surface area (Å²) < 4.78 is 13.2. The Hall–Kier alpha value is -3.99. The molecule has 1 spiro atoms. The van der Waals surface area contributed by atoms with E-state index in [2.05, 4.69) is 0 Å². The predicted octanol–water partition coefficient (Wildman–Crippen LogP) is 5.17. The monoisotopic (exact) mass is 703 g/mol. The number of cyclic esters (lactones) is 1. The molecule has 2 saturated heterocycles. The fourth-order valence-electron chi connectivity index (χ4n) is 8.04. The second-order valence-electron chi connectivity index (χ2n) is 13.7. The molecule has 4 aliphatic heterocycles. The molecule has 0 bridgehead atoms. The van der Waals surface area contributed by atoms with Crippen LogP contribution in [0, 0.1) is 18.8 Å². The number of likely N-dealkylation sites (N-methyl/N-ethyl adjacent to an activating group) is 1. The molecule has 2 fully saturated rings. The van der Waals surface area contributed by atoms with Crippen LogP contribution in [0.15, 0.2) is 72.8 Å². The van der Waals surface area contributed by atoms with Crippen LogP contribution in [-0.4, -0.2) is 89.1 Å². The van der Waals surface area contributed by atoms with E-state index in [4.69, 9.17) is 21.1 Å². The first kappa shape index (κ1) is 35.8. The fourth-order valence-corrected chi connectivity index (χ4v) is 8.36. The van der Waals surface area contributed by atoms with Gasteiger partial charge in [0.25, 0.3) is 5.91 Å². The van der Waals surface area contributed by atoms with E-state index >= 15 is 0 Å². The number of fused-ring (bicyclic) bond motifs is 2. The van der Waals surface area contributed by atoms with Gasteiger partial charge in [-0.3, -0.25) is 19.2 Å². The summed E-state index contributed by atoms with van der Waals surface area (Å²) >= 11 is 6.69. The van der Waals surface area contributed by atoms with Crippen molar-refractivity contribution in [3.63, 3.8) is 0 Å². The van der Waals surface area contributed by atoms with E-state index in [1.807, 2.05) is 68.5 Å². The zero-order valence-corrected chi connectivity index (χ0v) is 29.6. The van der Waals surface area contributed by atoms with Crippen LogP contribution in [0.4, 0.5) is 5.69 Å². The van der Waals surface area contributed by atoms with Gasteiger partial charge < -0.3 is 29.3 Å². The molecule has 0 aliphatic carbocycles. The standard InChI is InChI=1S/C39H46ClN3O7/c1-25-15-13-18-28(40)33(25)42-23-14-21-39-32(36(46)43(35(39)37(42)47)22-11-4-5-12-24-44)31-29(50-39)19-9-10-20-30(45)41(3)26(2)34(49-38(31)48)27-16-7-6-8-17-27/h6-9,13-19,21,26,29,31-32,34-35,44H,4-5,10-12,20,22-24H2,1-3H3/b19-9-/t26-,29-,31+,32+,34+,35-,39+/m0/s1. The van der Waals surface area contributed by atoms with E-state index in [1.165, 1.54) is 0 Å². The molecule has 0 saturated carbocycles. The van der Waals surface area contributed by atoms with Crippen molar-refractivity contribution < 1.29 is 33.8 Å². The minimum absolute atomic E-state index is 0.0869. The van der Waals surface area contributed by atoms with E-state index in [0.717, 1.165) is 24.0 Å². The molecule has 7 atom stereocenters. The average molecular weight is 704 g/mol. The van der Waals surface area contributed by atoms with E-state index in [0.29, 0.717) is 30.0 Å². The van der Waals surface area contributed by atoms with Crippen LogP contribution in [0.3, 0.4) is 0 Å². The minimum atomic E-state index is -1.46. The number of benzene rings is 2. The number of hydrogen-bond acceptors (Lipinski definition) is 7. The molecule has 6 rings (SSSR count). The number of amides is 3. The van der Waals surface area contributed by atoms with Crippen LogP contribution in [0.25, 0.3) is 0 Å². The second-order valence-corrected chi connectivity index (χ2v) is 14.2. The number of esters is 1. The molecular formula is C39H46ClN3O7. The summed E-state index contributed by atoms with van der Waals surface area (Å²) in [6, 6.07) is 13.2. The van der Waals surface area contributed by atoms with Gasteiger partial charge in [-0.15, -0.1) is 0 Å². The molecule has 10 nitrogen and oxygen atoms in total. The van der Waals surface area contributed by atoms with Gasteiger partial charge in [0.15, 0.2) is 0 Å². The second kappa shape index (κ2) is 15.1. The third kappa shape index (κ3) is 6.49. The van der Waals surface area contributed by atoms with E-state index < -0.39 is 47.7 Å². The van der Waals surface area contributed by atoms with Gasteiger partial charge in [-0.25, -0.2) is 0 Å². The van der Waals surface area contributed by atoms with Gasteiger partial charge in [-0.1, -0.05) is 91.2 Å². The lowest BCUT2D eigenvalue weighted by atomic mass is 9.77. The van der Waals surface area contributed by atoms with Crippen molar-refractivity contribution in [1.29, 1.82) is 0 Å². The van der Waals surface area contributed by atoms with Crippen molar-refractivity contribution in [2.24, 2.45) is 11.8 Å². The maximum Gasteiger partial charge on any atom is 0.313 e. The van der Waals surface area contributed by atoms with E-state index in [9.17, 15) is 24.3 Å². The summed E-state index contributed by atoms with van der Waals surface area (Å²) in [4.78, 5) is 62.2. The molecule has 266 valence electrons. The van der Waals surface area contributed by atoms with Crippen molar-refractivity contribution >= 4 is 41.0 Å². The lowest BCUT2D eigenvalue weighted by Gasteiger charge is -2.36. The van der Waals surface area contributed by atoms with E-state index in [-0.39, 0.29) is 43.8 Å². The van der Waals surface area contributed by atoms with Crippen LogP contribution < -0.4 is 4.90 Å². The Bertz CT molecular complexity index is 1640. The molecule has 4 aliphatic rings. The summed E-state index contributed by atoms with van der Waals surface area (Å²) in [5.74, 6) is -3.47. The number of carbonyl (C=O) groups is 4. The molecule has 2 aromatic rings. The third-order valence-corrected chi connectivity index (χ3v) is 11.0. The zero-order valence-electron chi connectivity index (χ0n) is 28.9. The number of allylic oxidation sites excluding steroid dienone is 1. The Balaban J connectivity index is 1.43. The highest BCUT2D eigenvalue weighted by Gasteiger charge is 2.72. The van der Waals surface area contributed by atoms with Gasteiger partial charge in [0, 0.05) is 33.2 Å². The third-order valence-electron chi connectivity index (χ3n) is 10.7. The molecule has 2 aromatic carbocycles. The number of halogens is 1. The number of rotatable bonds is 8. The number of unbranched alkanes of at least 4 members (excludes halogenated alkanes) is 3. The number of aliphatic hydroxyl groups is 1. The highest BCUT2D eigenvalue weighted by atomic mass is 35.5. The molecule has 0 radical (unpaired) electrons. The van der Waals surface area contributed by atoms with Gasteiger partial charge in [0.05, 0.1) is 28.8 Å². The van der Waals surface area contributed by atoms with Crippen molar-refractivity contribution in [1.82, 2.24) is 9.80 Å². The molecule has 11 heteroatoms. The highest BCUT2D eigenvalue weighted by Crippen LogP contribution is 2.54. The number of aliphatic hydroxyl groups excluding tert-OH is 1. The van der Waals surface area contributed by atoms with Crippen LogP contribution in [0.5, 0.6) is 0 Å².